The van der Waals surface area contributed by atoms with Crippen molar-refractivity contribution < 1.29 is 9.59 Å². The minimum Gasteiger partial charge on any atom is -0.305 e. The van der Waals surface area contributed by atoms with Gasteiger partial charge in [0.15, 0.2) is 5.17 Å². The van der Waals surface area contributed by atoms with Crippen molar-refractivity contribution >= 4 is 67.9 Å². The summed E-state index contributed by atoms with van der Waals surface area (Å²) >= 11 is 5.74. The SMILES string of the molecule is C=CSC(=NC)NC(=O)Cc1nccs1.O=C(Cc1nccs1)Nc1nnc(C2CCCCC2)s1. The molecule has 13 heteroatoms. The number of rotatable bonds is 7. The molecule has 0 saturated heterocycles. The van der Waals surface area contributed by atoms with E-state index in [4.69, 9.17) is 0 Å². The van der Waals surface area contributed by atoms with Gasteiger partial charge in [-0.1, -0.05) is 48.9 Å². The lowest BCUT2D eigenvalue weighted by molar-refractivity contribution is -0.119. The summed E-state index contributed by atoms with van der Waals surface area (Å²) in [4.78, 5) is 35.4. The van der Waals surface area contributed by atoms with Gasteiger partial charge in [0.2, 0.25) is 16.9 Å². The second-order valence-corrected chi connectivity index (χ2v) is 11.3. The zero-order valence-electron chi connectivity index (χ0n) is 19.3. The number of nitrogens with one attached hydrogen (secondary N) is 2. The first-order chi connectivity index (χ1) is 17.1. The molecule has 2 N–H and O–H groups in total. The van der Waals surface area contributed by atoms with Crippen molar-refractivity contribution in [3.63, 3.8) is 0 Å². The number of thioether (sulfide) groups is 1. The van der Waals surface area contributed by atoms with Crippen molar-refractivity contribution in [2.45, 2.75) is 50.9 Å². The van der Waals surface area contributed by atoms with Gasteiger partial charge in [-0.25, -0.2) is 9.97 Å². The Balaban J connectivity index is 0.000000205. The fourth-order valence-electron chi connectivity index (χ4n) is 3.30. The van der Waals surface area contributed by atoms with Gasteiger partial charge >= 0.3 is 0 Å². The van der Waals surface area contributed by atoms with E-state index in [2.05, 4.69) is 42.4 Å². The van der Waals surface area contributed by atoms with Crippen LogP contribution in [0.1, 0.15) is 53.0 Å². The first-order valence-electron chi connectivity index (χ1n) is 11.0. The molecule has 0 unspecified atom stereocenters. The predicted molar refractivity (Wildman–Crippen MR) is 145 cm³/mol. The van der Waals surface area contributed by atoms with Crippen molar-refractivity contribution in [3.05, 3.63) is 50.2 Å². The Hall–Kier alpha value is -2.48. The topological polar surface area (TPSA) is 122 Å². The van der Waals surface area contributed by atoms with E-state index < -0.39 is 0 Å². The highest BCUT2D eigenvalue weighted by atomic mass is 32.2. The van der Waals surface area contributed by atoms with Gasteiger partial charge in [-0.05, 0) is 18.2 Å². The summed E-state index contributed by atoms with van der Waals surface area (Å²) in [5, 5.41) is 23.0. The fourth-order valence-corrected chi connectivity index (χ4v) is 5.89. The lowest BCUT2D eigenvalue weighted by Gasteiger charge is -2.18. The number of aliphatic imine (C=N–C) groups is 1. The number of anilines is 1. The highest BCUT2D eigenvalue weighted by Crippen LogP contribution is 2.35. The van der Waals surface area contributed by atoms with E-state index in [0.29, 0.717) is 22.6 Å². The van der Waals surface area contributed by atoms with E-state index >= 15 is 0 Å². The maximum absolute atomic E-state index is 11.9. The van der Waals surface area contributed by atoms with Crippen LogP contribution in [0.5, 0.6) is 0 Å². The zero-order valence-corrected chi connectivity index (χ0v) is 22.6. The third-order valence-electron chi connectivity index (χ3n) is 4.88. The smallest absolute Gasteiger partial charge is 0.233 e. The molecular weight excluding hydrogens is 523 g/mol. The van der Waals surface area contributed by atoms with Crippen LogP contribution in [0.3, 0.4) is 0 Å². The summed E-state index contributed by atoms with van der Waals surface area (Å²) in [7, 11) is 1.62. The molecule has 1 saturated carbocycles. The molecule has 4 rings (SSSR count). The van der Waals surface area contributed by atoms with Crippen LogP contribution in [0.2, 0.25) is 0 Å². The Morgan fingerprint density at radius 1 is 1.09 bits per heavy atom. The normalized spacial score (nSPS) is 14.0. The number of hydrogen-bond acceptors (Lipinski definition) is 11. The molecule has 3 aromatic heterocycles. The number of hydrogen-bond donors (Lipinski definition) is 2. The maximum Gasteiger partial charge on any atom is 0.233 e. The van der Waals surface area contributed by atoms with E-state index in [-0.39, 0.29) is 18.2 Å². The second kappa shape index (κ2) is 14.8. The minimum atomic E-state index is -0.111. The highest BCUT2D eigenvalue weighted by Gasteiger charge is 2.20. The lowest BCUT2D eigenvalue weighted by atomic mass is 9.90. The zero-order chi connectivity index (χ0) is 24.9. The average molecular weight is 550 g/mol. The van der Waals surface area contributed by atoms with Gasteiger partial charge < -0.3 is 10.6 Å². The van der Waals surface area contributed by atoms with Gasteiger partial charge in [0, 0.05) is 36.1 Å². The predicted octanol–water partition coefficient (Wildman–Crippen LogP) is 4.89. The fraction of sp³-hybridized carbons (Fsp3) is 0.409. The van der Waals surface area contributed by atoms with E-state index in [1.54, 1.807) is 24.8 Å². The van der Waals surface area contributed by atoms with Crippen LogP contribution in [-0.2, 0) is 22.4 Å². The molecule has 9 nitrogen and oxygen atoms in total. The molecule has 0 bridgehead atoms. The molecule has 0 atom stereocenters. The molecule has 3 heterocycles. The van der Waals surface area contributed by atoms with Crippen LogP contribution in [0.4, 0.5) is 5.13 Å². The highest BCUT2D eigenvalue weighted by molar-refractivity contribution is 8.16. The van der Waals surface area contributed by atoms with Gasteiger partial charge in [-0.15, -0.1) is 32.9 Å². The first-order valence-corrected chi connectivity index (χ1v) is 14.5. The van der Waals surface area contributed by atoms with Crippen molar-refractivity contribution in [3.8, 4) is 0 Å². The molecular formula is C22H27N7O2S4. The van der Waals surface area contributed by atoms with E-state index in [1.165, 1.54) is 77.9 Å². The quantitative estimate of drug-likeness (QED) is 0.318. The molecule has 0 radical (unpaired) electrons. The Labute approximate surface area is 220 Å². The second-order valence-electron chi connectivity index (χ2n) is 7.40. The third kappa shape index (κ3) is 9.59. The van der Waals surface area contributed by atoms with Crippen LogP contribution >= 0.6 is 45.8 Å². The van der Waals surface area contributed by atoms with Crippen molar-refractivity contribution in [1.29, 1.82) is 0 Å². The van der Waals surface area contributed by atoms with Gasteiger partial charge in [0.05, 0.1) is 12.8 Å². The molecule has 0 spiro atoms. The number of amidine groups is 1. The number of carbonyl (C=O) groups is 2. The summed E-state index contributed by atoms with van der Waals surface area (Å²) in [6.07, 6.45) is 10.2. The minimum absolute atomic E-state index is 0.0775. The van der Waals surface area contributed by atoms with Crippen LogP contribution < -0.4 is 10.6 Å². The average Bonchev–Trinajstić information content (AvgIpc) is 3.64. The van der Waals surface area contributed by atoms with Gasteiger partial charge in [0.1, 0.15) is 15.0 Å². The summed E-state index contributed by atoms with van der Waals surface area (Å²) < 4.78 is 0. The number of thiazole rings is 2. The third-order valence-corrected chi connectivity index (χ3v) is 8.11. The Kier molecular flexibility index (Phi) is 11.5. The van der Waals surface area contributed by atoms with Crippen molar-refractivity contribution in [2.75, 3.05) is 12.4 Å². The van der Waals surface area contributed by atoms with Crippen molar-refractivity contribution in [2.24, 2.45) is 4.99 Å². The largest absolute Gasteiger partial charge is 0.305 e. The van der Waals surface area contributed by atoms with Crippen LogP contribution in [0, 0.1) is 0 Å². The van der Waals surface area contributed by atoms with Crippen LogP contribution in [0.25, 0.3) is 0 Å². The standard InChI is InChI=1S/C13H16N4OS2.C9H11N3OS2/c18-10(8-11-14-6-7-19-11)15-13-17-16-12(20-13)9-4-2-1-3-5-9;1-3-14-9(10-2)12-7(13)6-8-11-4-5-15-8/h6-7,9H,1-5,8H2,(H,15,17,18);3-5H,1,6H2,2H3,(H,10,12,13). The Bertz CT molecular complexity index is 1090. The summed E-state index contributed by atoms with van der Waals surface area (Å²) in [6.45, 7) is 3.55. The molecule has 1 aliphatic carbocycles. The van der Waals surface area contributed by atoms with Gasteiger partial charge in [-0.2, -0.15) is 0 Å². The van der Waals surface area contributed by atoms with Gasteiger partial charge in [-0.3, -0.25) is 14.6 Å². The van der Waals surface area contributed by atoms with E-state index in [9.17, 15) is 9.59 Å². The lowest BCUT2D eigenvalue weighted by Crippen LogP contribution is -2.29. The molecule has 186 valence electrons. The molecule has 1 aliphatic rings. The van der Waals surface area contributed by atoms with E-state index in [1.807, 2.05) is 10.8 Å². The van der Waals surface area contributed by atoms with Crippen molar-refractivity contribution in [1.82, 2.24) is 25.5 Å². The molecule has 3 aromatic rings. The maximum atomic E-state index is 11.9. The van der Waals surface area contributed by atoms with Gasteiger partial charge in [0.25, 0.3) is 0 Å². The van der Waals surface area contributed by atoms with Crippen LogP contribution in [0.15, 0.2) is 40.1 Å². The molecule has 2 amide bonds. The summed E-state index contributed by atoms with van der Waals surface area (Å²) in [6, 6.07) is 0. The molecule has 1 fully saturated rings. The Morgan fingerprint density at radius 2 is 1.74 bits per heavy atom. The Morgan fingerprint density at radius 3 is 2.31 bits per heavy atom. The number of carbonyl (C=O) groups excluding carboxylic acids is 2. The number of nitrogens with zero attached hydrogens (tertiary/aromatic N) is 5. The molecule has 0 aromatic carbocycles. The number of amides is 2. The molecule has 35 heavy (non-hydrogen) atoms. The summed E-state index contributed by atoms with van der Waals surface area (Å²) in [5.41, 5.74) is 0. The number of aromatic nitrogens is 4. The van der Waals surface area contributed by atoms with Crippen LogP contribution in [-0.4, -0.2) is 44.2 Å². The summed E-state index contributed by atoms with van der Waals surface area (Å²) in [5.74, 6) is 0.344. The first kappa shape index (κ1) is 27.1. The molecule has 0 aliphatic heterocycles. The van der Waals surface area contributed by atoms with E-state index in [0.717, 1.165) is 15.0 Å². The monoisotopic (exact) mass is 549 g/mol.